The van der Waals surface area contributed by atoms with Gasteiger partial charge in [0.15, 0.2) is 5.78 Å². The van der Waals surface area contributed by atoms with Crippen LogP contribution in [0.15, 0.2) is 36.7 Å². The minimum atomic E-state index is -0.472. The summed E-state index contributed by atoms with van der Waals surface area (Å²) in [5.41, 5.74) is 0.378. The number of carbonyl (C=O) groups excluding carboxylic acids is 1. The molecule has 3 nitrogen and oxygen atoms in total. The maximum absolute atomic E-state index is 12.7. The SMILES string of the molecule is COC(C(=O)c1cncc2ccccc12)C(C)(C)C. The standard InChI is InChI=1S/C16H19NO2/c1-16(2,3)15(19-4)14(18)13-10-17-9-11-7-5-6-8-12(11)13/h5-10,15H,1-4H3. The fourth-order valence-corrected chi connectivity index (χ4v) is 2.31. The van der Waals surface area contributed by atoms with Gasteiger partial charge >= 0.3 is 0 Å². The van der Waals surface area contributed by atoms with Crippen molar-refractivity contribution >= 4 is 16.6 Å². The summed E-state index contributed by atoms with van der Waals surface area (Å²) in [5.74, 6) is -0.0145. The van der Waals surface area contributed by atoms with Crippen molar-refractivity contribution in [3.05, 3.63) is 42.2 Å². The van der Waals surface area contributed by atoms with Crippen LogP contribution in [0.4, 0.5) is 0 Å². The molecular weight excluding hydrogens is 238 g/mol. The molecule has 1 atom stereocenters. The third kappa shape index (κ3) is 2.66. The normalized spacial score (nSPS) is 13.5. The highest BCUT2D eigenvalue weighted by atomic mass is 16.5. The number of ether oxygens (including phenoxy) is 1. The highest BCUT2D eigenvalue weighted by molar-refractivity contribution is 6.09. The molecule has 1 unspecified atom stereocenters. The number of hydrogen-bond acceptors (Lipinski definition) is 3. The molecule has 0 radical (unpaired) electrons. The number of benzene rings is 1. The molecule has 0 N–H and O–H groups in total. The van der Waals surface area contributed by atoms with E-state index in [1.165, 1.54) is 0 Å². The Bertz CT molecular complexity index is 594. The molecule has 0 aliphatic carbocycles. The van der Waals surface area contributed by atoms with E-state index in [1.54, 1.807) is 19.5 Å². The van der Waals surface area contributed by atoms with Gasteiger partial charge in [-0.25, -0.2) is 0 Å². The second kappa shape index (κ2) is 5.10. The van der Waals surface area contributed by atoms with E-state index < -0.39 is 6.10 Å². The van der Waals surface area contributed by atoms with Gasteiger partial charge in [-0.05, 0) is 10.8 Å². The third-order valence-corrected chi connectivity index (χ3v) is 3.19. The van der Waals surface area contributed by atoms with Gasteiger partial charge in [-0.3, -0.25) is 9.78 Å². The average Bonchev–Trinajstić information content (AvgIpc) is 2.37. The summed E-state index contributed by atoms with van der Waals surface area (Å²) >= 11 is 0. The van der Waals surface area contributed by atoms with Gasteiger partial charge in [0.2, 0.25) is 0 Å². The highest BCUT2D eigenvalue weighted by Crippen LogP contribution is 2.27. The zero-order valence-corrected chi connectivity index (χ0v) is 11.8. The minimum Gasteiger partial charge on any atom is -0.373 e. The van der Waals surface area contributed by atoms with Crippen molar-refractivity contribution in [2.24, 2.45) is 5.41 Å². The first-order chi connectivity index (χ1) is 8.95. The van der Waals surface area contributed by atoms with Crippen LogP contribution in [0.1, 0.15) is 31.1 Å². The van der Waals surface area contributed by atoms with Crippen LogP contribution in [-0.4, -0.2) is 24.0 Å². The largest absolute Gasteiger partial charge is 0.373 e. The summed E-state index contributed by atoms with van der Waals surface area (Å²) in [7, 11) is 1.58. The molecule has 0 aliphatic rings. The lowest BCUT2D eigenvalue weighted by molar-refractivity contribution is 0.0197. The summed E-state index contributed by atoms with van der Waals surface area (Å²) in [5, 5.41) is 1.89. The Labute approximate surface area is 113 Å². The van der Waals surface area contributed by atoms with Gasteiger partial charge in [0, 0.05) is 30.5 Å². The Morgan fingerprint density at radius 2 is 1.89 bits per heavy atom. The Hall–Kier alpha value is -1.74. The average molecular weight is 257 g/mol. The number of fused-ring (bicyclic) bond motifs is 1. The van der Waals surface area contributed by atoms with Crippen LogP contribution in [-0.2, 0) is 4.74 Å². The summed E-state index contributed by atoms with van der Waals surface area (Å²) in [6.07, 6.45) is 2.92. The first-order valence-corrected chi connectivity index (χ1v) is 6.35. The molecule has 0 aliphatic heterocycles. The van der Waals surface area contributed by atoms with Crippen LogP contribution in [0.2, 0.25) is 0 Å². The van der Waals surface area contributed by atoms with Crippen molar-refractivity contribution in [1.29, 1.82) is 0 Å². The van der Waals surface area contributed by atoms with Crippen LogP contribution in [0.25, 0.3) is 10.8 Å². The molecular formula is C16H19NO2. The molecule has 0 fully saturated rings. The second-order valence-electron chi connectivity index (χ2n) is 5.75. The summed E-state index contributed by atoms with van der Waals surface area (Å²) in [6.45, 7) is 5.99. The van der Waals surface area contributed by atoms with Crippen molar-refractivity contribution in [2.75, 3.05) is 7.11 Å². The Morgan fingerprint density at radius 3 is 2.53 bits per heavy atom. The zero-order valence-electron chi connectivity index (χ0n) is 11.8. The molecule has 19 heavy (non-hydrogen) atoms. The molecule has 1 heterocycles. The first kappa shape index (κ1) is 13.7. The van der Waals surface area contributed by atoms with Crippen molar-refractivity contribution in [2.45, 2.75) is 26.9 Å². The molecule has 0 saturated heterocycles. The van der Waals surface area contributed by atoms with E-state index in [0.717, 1.165) is 10.8 Å². The topological polar surface area (TPSA) is 39.2 Å². The van der Waals surface area contributed by atoms with Crippen molar-refractivity contribution < 1.29 is 9.53 Å². The Kier molecular flexibility index (Phi) is 3.67. The van der Waals surface area contributed by atoms with Crippen LogP contribution in [0.3, 0.4) is 0 Å². The zero-order chi connectivity index (χ0) is 14.0. The number of Topliss-reactive ketones (excluding diaryl/α,β-unsaturated/α-hetero) is 1. The maximum atomic E-state index is 12.7. The van der Waals surface area contributed by atoms with E-state index in [2.05, 4.69) is 4.98 Å². The van der Waals surface area contributed by atoms with Crippen molar-refractivity contribution in [3.8, 4) is 0 Å². The number of pyridine rings is 1. The van der Waals surface area contributed by atoms with Gasteiger partial charge < -0.3 is 4.74 Å². The molecule has 1 aromatic heterocycles. The molecule has 0 amide bonds. The summed E-state index contributed by atoms with van der Waals surface area (Å²) in [4.78, 5) is 16.8. The van der Waals surface area contributed by atoms with Crippen LogP contribution >= 0.6 is 0 Å². The van der Waals surface area contributed by atoms with Gasteiger partial charge in [-0.2, -0.15) is 0 Å². The smallest absolute Gasteiger partial charge is 0.194 e. The number of hydrogen-bond donors (Lipinski definition) is 0. The van der Waals surface area contributed by atoms with Crippen LogP contribution in [0.5, 0.6) is 0 Å². The Balaban J connectivity index is 2.53. The number of nitrogens with zero attached hydrogens (tertiary/aromatic N) is 1. The molecule has 2 rings (SSSR count). The van der Waals surface area contributed by atoms with Gasteiger partial charge in [0.1, 0.15) is 6.10 Å². The van der Waals surface area contributed by atoms with Crippen LogP contribution in [0, 0.1) is 5.41 Å². The number of aromatic nitrogens is 1. The quantitative estimate of drug-likeness (QED) is 0.790. The molecule has 0 bridgehead atoms. The van der Waals surface area contributed by atoms with Crippen LogP contribution < -0.4 is 0 Å². The lowest BCUT2D eigenvalue weighted by atomic mass is 9.84. The van der Waals surface area contributed by atoms with E-state index in [1.807, 2.05) is 45.0 Å². The van der Waals surface area contributed by atoms with Gasteiger partial charge in [-0.15, -0.1) is 0 Å². The lowest BCUT2D eigenvalue weighted by Crippen LogP contribution is -2.36. The molecule has 2 aromatic rings. The second-order valence-corrected chi connectivity index (χ2v) is 5.75. The Morgan fingerprint density at radius 1 is 1.21 bits per heavy atom. The van der Waals surface area contributed by atoms with E-state index in [9.17, 15) is 4.79 Å². The summed E-state index contributed by atoms with van der Waals surface area (Å²) < 4.78 is 5.40. The molecule has 0 spiro atoms. The third-order valence-electron chi connectivity index (χ3n) is 3.19. The lowest BCUT2D eigenvalue weighted by Gasteiger charge is -2.28. The number of methoxy groups -OCH3 is 1. The maximum Gasteiger partial charge on any atom is 0.194 e. The predicted molar refractivity (Wildman–Crippen MR) is 76.3 cm³/mol. The predicted octanol–water partition coefficient (Wildman–Crippen LogP) is 3.48. The number of carbonyl (C=O) groups is 1. The first-order valence-electron chi connectivity index (χ1n) is 6.35. The van der Waals surface area contributed by atoms with Gasteiger partial charge in [-0.1, -0.05) is 45.0 Å². The minimum absolute atomic E-state index is 0.0145. The van der Waals surface area contributed by atoms with Gasteiger partial charge in [0.05, 0.1) is 0 Å². The fourth-order valence-electron chi connectivity index (χ4n) is 2.31. The molecule has 0 saturated carbocycles. The molecule has 3 heteroatoms. The van der Waals surface area contributed by atoms with E-state index in [-0.39, 0.29) is 11.2 Å². The monoisotopic (exact) mass is 257 g/mol. The number of ketones is 1. The van der Waals surface area contributed by atoms with E-state index in [0.29, 0.717) is 5.56 Å². The number of rotatable bonds is 3. The fraction of sp³-hybridized carbons (Fsp3) is 0.375. The molecule has 100 valence electrons. The van der Waals surface area contributed by atoms with E-state index in [4.69, 9.17) is 4.74 Å². The van der Waals surface area contributed by atoms with Crippen molar-refractivity contribution in [3.63, 3.8) is 0 Å². The van der Waals surface area contributed by atoms with Crippen molar-refractivity contribution in [1.82, 2.24) is 4.98 Å². The van der Waals surface area contributed by atoms with Gasteiger partial charge in [0.25, 0.3) is 0 Å². The summed E-state index contributed by atoms with van der Waals surface area (Å²) in [6, 6.07) is 7.77. The van der Waals surface area contributed by atoms with E-state index >= 15 is 0 Å². The molecule has 1 aromatic carbocycles. The highest BCUT2D eigenvalue weighted by Gasteiger charge is 2.32.